The van der Waals surface area contributed by atoms with E-state index in [9.17, 15) is 9.90 Å². The minimum Gasteiger partial charge on any atom is -0.475 e. The fraction of sp³-hybridized carbons (Fsp3) is 0.222. The Kier molecular flexibility index (Phi) is 6.80. The van der Waals surface area contributed by atoms with Gasteiger partial charge in [-0.05, 0) is 35.2 Å². The molecular formula is C27H26N8O2. The van der Waals surface area contributed by atoms with Crippen molar-refractivity contribution in [2.24, 2.45) is 0 Å². The first-order valence-corrected chi connectivity index (χ1v) is 12.1. The van der Waals surface area contributed by atoms with Crippen molar-refractivity contribution in [3.05, 3.63) is 83.8 Å². The summed E-state index contributed by atoms with van der Waals surface area (Å²) in [5.41, 5.74) is 6.20. The summed E-state index contributed by atoms with van der Waals surface area (Å²) < 4.78 is 2.15. The highest BCUT2D eigenvalue weighted by atomic mass is 16.4. The Morgan fingerprint density at radius 2 is 1.81 bits per heavy atom. The minimum absolute atomic E-state index is 0.215. The molecule has 5 rings (SSSR count). The number of carbonyl (C=O) groups is 1. The molecule has 3 aromatic heterocycles. The first-order chi connectivity index (χ1) is 18.0. The molecular weight excluding hydrogens is 468 g/mol. The van der Waals surface area contributed by atoms with Gasteiger partial charge in [-0.15, -0.1) is 10.2 Å². The number of imidazole rings is 1. The van der Waals surface area contributed by atoms with Crippen molar-refractivity contribution < 1.29 is 9.90 Å². The third-order valence-electron chi connectivity index (χ3n) is 6.19. The molecule has 0 saturated carbocycles. The number of benzene rings is 2. The highest BCUT2D eigenvalue weighted by Gasteiger charge is 2.16. The van der Waals surface area contributed by atoms with Gasteiger partial charge in [-0.1, -0.05) is 61.9 Å². The fourth-order valence-corrected chi connectivity index (χ4v) is 4.27. The van der Waals surface area contributed by atoms with E-state index in [0.717, 1.165) is 58.6 Å². The van der Waals surface area contributed by atoms with Crippen molar-refractivity contribution in [3.63, 3.8) is 0 Å². The molecule has 0 bridgehead atoms. The molecule has 0 radical (unpaired) electrons. The van der Waals surface area contributed by atoms with Crippen LogP contribution in [0.5, 0.6) is 0 Å². The number of nitrogens with zero attached hydrogens (tertiary/aromatic N) is 7. The molecule has 2 aromatic carbocycles. The van der Waals surface area contributed by atoms with Crippen LogP contribution in [0.25, 0.3) is 33.8 Å². The smallest absolute Gasteiger partial charge is 0.373 e. The number of rotatable bonds is 9. The van der Waals surface area contributed by atoms with Crippen molar-refractivity contribution in [3.8, 4) is 33.8 Å². The molecule has 5 aromatic rings. The van der Waals surface area contributed by atoms with E-state index in [1.165, 1.54) is 6.20 Å². The Bertz CT molecular complexity index is 1520. The maximum atomic E-state index is 11.2. The molecule has 0 amide bonds. The van der Waals surface area contributed by atoms with Crippen molar-refractivity contribution in [1.82, 2.24) is 40.1 Å². The monoisotopic (exact) mass is 494 g/mol. The molecule has 0 atom stereocenters. The van der Waals surface area contributed by atoms with Crippen LogP contribution in [0.3, 0.4) is 0 Å². The lowest BCUT2D eigenvalue weighted by atomic mass is 9.98. The van der Waals surface area contributed by atoms with Crippen LogP contribution in [-0.2, 0) is 13.0 Å². The minimum atomic E-state index is -1.15. The predicted molar refractivity (Wildman–Crippen MR) is 138 cm³/mol. The molecule has 2 N–H and O–H groups in total. The van der Waals surface area contributed by atoms with E-state index in [0.29, 0.717) is 18.1 Å². The Balaban J connectivity index is 1.43. The Hall–Kier alpha value is -4.73. The molecule has 186 valence electrons. The second-order valence-corrected chi connectivity index (χ2v) is 8.75. The molecule has 0 aliphatic rings. The number of aromatic nitrogens is 8. The van der Waals surface area contributed by atoms with Crippen molar-refractivity contribution in [2.75, 3.05) is 0 Å². The lowest BCUT2D eigenvalue weighted by Gasteiger charge is -2.10. The van der Waals surface area contributed by atoms with Gasteiger partial charge in [0, 0.05) is 36.5 Å². The van der Waals surface area contributed by atoms with Gasteiger partial charge in [0.2, 0.25) is 11.6 Å². The zero-order valence-corrected chi connectivity index (χ0v) is 20.6. The van der Waals surface area contributed by atoms with Gasteiger partial charge >= 0.3 is 5.97 Å². The summed E-state index contributed by atoms with van der Waals surface area (Å²) >= 11 is 0. The van der Waals surface area contributed by atoms with Crippen LogP contribution < -0.4 is 0 Å². The quantitative estimate of drug-likeness (QED) is 0.304. The van der Waals surface area contributed by atoms with Gasteiger partial charge in [0.25, 0.3) is 0 Å². The highest BCUT2D eigenvalue weighted by Crippen LogP contribution is 2.30. The normalized spacial score (nSPS) is 11.1. The van der Waals surface area contributed by atoms with E-state index in [1.807, 2.05) is 30.5 Å². The lowest BCUT2D eigenvalue weighted by molar-refractivity contribution is 0.0683. The highest BCUT2D eigenvalue weighted by molar-refractivity contribution is 5.83. The average Bonchev–Trinajstić information content (AvgIpc) is 3.58. The van der Waals surface area contributed by atoms with E-state index in [-0.39, 0.29) is 5.82 Å². The Morgan fingerprint density at radius 3 is 2.49 bits per heavy atom. The molecule has 0 saturated heterocycles. The number of tetrazole rings is 1. The molecule has 0 unspecified atom stereocenters. The van der Waals surface area contributed by atoms with Crippen molar-refractivity contribution >= 4 is 5.97 Å². The van der Waals surface area contributed by atoms with Gasteiger partial charge in [-0.2, -0.15) is 5.21 Å². The molecule has 10 heteroatoms. The number of aryl methyl sites for hydroxylation is 2. The van der Waals surface area contributed by atoms with Gasteiger partial charge in [0.15, 0.2) is 0 Å². The average molecular weight is 495 g/mol. The van der Waals surface area contributed by atoms with E-state index in [2.05, 4.69) is 66.3 Å². The maximum Gasteiger partial charge on any atom is 0.373 e. The van der Waals surface area contributed by atoms with Crippen molar-refractivity contribution in [1.29, 1.82) is 0 Å². The zero-order chi connectivity index (χ0) is 25.8. The maximum absolute atomic E-state index is 11.2. The van der Waals surface area contributed by atoms with Gasteiger partial charge in [-0.25, -0.2) is 19.7 Å². The number of hydrogen-bond donors (Lipinski definition) is 2. The van der Waals surface area contributed by atoms with E-state index < -0.39 is 5.97 Å². The van der Waals surface area contributed by atoms with Crippen LogP contribution in [0.4, 0.5) is 0 Å². The van der Waals surface area contributed by atoms with Gasteiger partial charge < -0.3 is 9.67 Å². The third-order valence-corrected chi connectivity index (χ3v) is 6.19. The van der Waals surface area contributed by atoms with Crippen LogP contribution in [0.15, 0.2) is 60.9 Å². The number of H-pyrrole nitrogens is 1. The summed E-state index contributed by atoms with van der Waals surface area (Å²) in [6, 6.07) is 16.4. The summed E-state index contributed by atoms with van der Waals surface area (Å²) in [7, 11) is 0. The SMILES string of the molecule is CCCCc1nc(-c2cnc(C(=O)O)nc2C)cn1Cc1ccc(-c2ccccc2-c2nn[nH]n2)cc1. The number of hydrogen-bond acceptors (Lipinski definition) is 7. The third kappa shape index (κ3) is 5.13. The fourth-order valence-electron chi connectivity index (χ4n) is 4.27. The second kappa shape index (κ2) is 10.5. The molecule has 37 heavy (non-hydrogen) atoms. The number of carboxylic acids is 1. The van der Waals surface area contributed by atoms with Gasteiger partial charge in [-0.3, -0.25) is 0 Å². The van der Waals surface area contributed by atoms with Crippen LogP contribution in [0.2, 0.25) is 0 Å². The summed E-state index contributed by atoms with van der Waals surface area (Å²) in [6.07, 6.45) is 6.47. The molecule has 0 aliphatic carbocycles. The standard InChI is InChI=1S/C27H26N8O2/c1-3-4-9-24-30-23(22-14-28-26(27(36)37)29-17(22)2)16-35(24)15-18-10-12-19(13-11-18)20-7-5-6-8-21(20)25-31-33-34-32-25/h5-8,10-14,16H,3-4,9,15H2,1-2H3,(H,36,37)(H,31,32,33,34). The number of aromatic amines is 1. The number of nitrogens with one attached hydrogen (secondary N) is 1. The number of aromatic carboxylic acids is 1. The van der Waals surface area contributed by atoms with Gasteiger partial charge in [0.05, 0.1) is 11.4 Å². The van der Waals surface area contributed by atoms with Crippen molar-refractivity contribution in [2.45, 2.75) is 39.7 Å². The van der Waals surface area contributed by atoms with Gasteiger partial charge in [0.1, 0.15) is 5.82 Å². The molecule has 0 spiro atoms. The largest absolute Gasteiger partial charge is 0.475 e. The van der Waals surface area contributed by atoms with E-state index in [1.54, 1.807) is 6.92 Å². The number of unbranched alkanes of at least 4 members (excludes halogenated alkanes) is 1. The summed E-state index contributed by atoms with van der Waals surface area (Å²) in [4.78, 5) is 24.2. The van der Waals surface area contributed by atoms with Crippen LogP contribution in [0.1, 0.15) is 47.5 Å². The lowest BCUT2D eigenvalue weighted by Crippen LogP contribution is -2.05. The molecule has 10 nitrogen and oxygen atoms in total. The summed E-state index contributed by atoms with van der Waals surface area (Å²) in [6.45, 7) is 4.59. The van der Waals surface area contributed by atoms with Crippen LogP contribution >= 0.6 is 0 Å². The Labute approximate surface area is 213 Å². The Morgan fingerprint density at radius 1 is 1.03 bits per heavy atom. The molecule has 0 aliphatic heterocycles. The second-order valence-electron chi connectivity index (χ2n) is 8.75. The van der Waals surface area contributed by atoms with Crippen LogP contribution in [0, 0.1) is 6.92 Å². The molecule has 0 fully saturated rings. The van der Waals surface area contributed by atoms with E-state index in [4.69, 9.17) is 4.98 Å². The zero-order valence-electron chi connectivity index (χ0n) is 20.6. The summed E-state index contributed by atoms with van der Waals surface area (Å²) in [5.74, 6) is 0.173. The van der Waals surface area contributed by atoms with E-state index >= 15 is 0 Å². The predicted octanol–water partition coefficient (Wildman–Crippen LogP) is 4.58. The van der Waals surface area contributed by atoms with Crippen LogP contribution in [-0.4, -0.2) is 51.2 Å². The first-order valence-electron chi connectivity index (χ1n) is 12.1. The molecule has 3 heterocycles. The first kappa shape index (κ1) is 24.0. The topological polar surface area (TPSA) is 135 Å². The summed E-state index contributed by atoms with van der Waals surface area (Å²) in [5, 5.41) is 23.6. The number of carboxylic acid groups (broad SMARTS) is 1.